The number of sulfonamides is 1. The Balaban J connectivity index is 2.27. The Morgan fingerprint density at radius 1 is 1.04 bits per heavy atom. The van der Waals surface area contributed by atoms with Crippen molar-refractivity contribution in [1.29, 1.82) is 0 Å². The molecule has 0 aliphatic carbocycles. The van der Waals surface area contributed by atoms with Crippen LogP contribution in [-0.4, -0.2) is 31.8 Å². The lowest BCUT2D eigenvalue weighted by Crippen LogP contribution is -2.42. The van der Waals surface area contributed by atoms with Gasteiger partial charge in [-0.25, -0.2) is 13.2 Å². The van der Waals surface area contributed by atoms with Gasteiger partial charge in [0.05, 0.1) is 11.9 Å². The summed E-state index contributed by atoms with van der Waals surface area (Å²) < 4.78 is 30.3. The number of ether oxygens (including phenoxy) is 1. The van der Waals surface area contributed by atoms with Gasteiger partial charge in [-0.1, -0.05) is 18.2 Å². The van der Waals surface area contributed by atoms with Gasteiger partial charge in [0, 0.05) is 0 Å². The molecule has 0 aromatic heterocycles. The first kappa shape index (κ1) is 16.8. The van der Waals surface area contributed by atoms with Crippen molar-refractivity contribution in [3.05, 3.63) is 54.6 Å². The number of benzene rings is 2. The first-order valence-corrected chi connectivity index (χ1v) is 8.69. The smallest absolute Gasteiger partial charge is 0.327 e. The molecule has 0 bridgehead atoms. The summed E-state index contributed by atoms with van der Waals surface area (Å²) in [6.07, 6.45) is 0.973. The van der Waals surface area contributed by atoms with Gasteiger partial charge in [-0.15, -0.1) is 0 Å². The van der Waals surface area contributed by atoms with Crippen LogP contribution in [0.5, 0.6) is 11.5 Å². The minimum Gasteiger partial charge on any atom is -0.480 e. The lowest BCUT2D eigenvalue weighted by atomic mass is 10.2. The minimum absolute atomic E-state index is 0.266. The van der Waals surface area contributed by atoms with Crippen molar-refractivity contribution in [2.75, 3.05) is 10.6 Å². The summed E-state index contributed by atoms with van der Waals surface area (Å²) in [7, 11) is -3.72. The number of hydrogen-bond donors (Lipinski definition) is 1. The van der Waals surface area contributed by atoms with E-state index in [0.717, 1.165) is 10.6 Å². The zero-order valence-corrected chi connectivity index (χ0v) is 13.5. The third-order valence-corrected chi connectivity index (χ3v) is 4.38. The second-order valence-electron chi connectivity index (χ2n) is 4.98. The van der Waals surface area contributed by atoms with Crippen LogP contribution in [0.4, 0.5) is 5.69 Å². The molecular formula is C16H17NO5S. The number of carbonyl (C=O) groups is 1. The zero-order valence-electron chi connectivity index (χ0n) is 12.7. The number of aliphatic carboxylic acids is 1. The van der Waals surface area contributed by atoms with Gasteiger partial charge in [0.1, 0.15) is 17.5 Å². The Kier molecular flexibility index (Phi) is 4.90. The number of para-hydroxylation sites is 1. The zero-order chi connectivity index (χ0) is 17.0. The molecular weight excluding hydrogens is 318 g/mol. The molecule has 7 heteroatoms. The average Bonchev–Trinajstić information content (AvgIpc) is 2.49. The quantitative estimate of drug-likeness (QED) is 0.877. The highest BCUT2D eigenvalue weighted by atomic mass is 32.2. The molecule has 1 atom stereocenters. The van der Waals surface area contributed by atoms with Crippen LogP contribution in [-0.2, 0) is 14.8 Å². The largest absolute Gasteiger partial charge is 0.480 e. The highest BCUT2D eigenvalue weighted by molar-refractivity contribution is 7.92. The summed E-state index contributed by atoms with van der Waals surface area (Å²) >= 11 is 0. The molecule has 2 aromatic carbocycles. The normalized spacial score (nSPS) is 12.4. The Morgan fingerprint density at radius 2 is 1.57 bits per heavy atom. The van der Waals surface area contributed by atoms with Crippen molar-refractivity contribution >= 4 is 21.7 Å². The van der Waals surface area contributed by atoms with Crippen molar-refractivity contribution in [2.24, 2.45) is 0 Å². The standard InChI is InChI=1S/C16H17NO5S/c1-12(16(18)19)17(23(2,20)21)13-8-10-15(11-9-13)22-14-6-4-3-5-7-14/h3-12H,1-2H3,(H,18,19)/t12-/m1/s1. The number of nitrogens with zero attached hydrogens (tertiary/aromatic N) is 1. The van der Waals surface area contributed by atoms with E-state index < -0.39 is 22.0 Å². The summed E-state index contributed by atoms with van der Waals surface area (Å²) in [4.78, 5) is 11.1. The van der Waals surface area contributed by atoms with Crippen molar-refractivity contribution in [3.63, 3.8) is 0 Å². The fraction of sp³-hybridized carbons (Fsp3) is 0.188. The van der Waals surface area contributed by atoms with Crippen molar-refractivity contribution in [3.8, 4) is 11.5 Å². The van der Waals surface area contributed by atoms with E-state index in [-0.39, 0.29) is 5.69 Å². The Hall–Kier alpha value is -2.54. The maximum atomic E-state index is 11.9. The number of anilines is 1. The van der Waals surface area contributed by atoms with E-state index in [9.17, 15) is 13.2 Å². The van der Waals surface area contributed by atoms with Gasteiger partial charge in [-0.3, -0.25) is 4.31 Å². The van der Waals surface area contributed by atoms with Crippen LogP contribution in [0.3, 0.4) is 0 Å². The SMILES string of the molecule is C[C@H](C(=O)O)N(c1ccc(Oc2ccccc2)cc1)S(C)(=O)=O. The van der Waals surface area contributed by atoms with Crippen LogP contribution in [0.2, 0.25) is 0 Å². The van der Waals surface area contributed by atoms with E-state index in [0.29, 0.717) is 11.5 Å². The molecule has 1 N–H and O–H groups in total. The van der Waals surface area contributed by atoms with Gasteiger partial charge >= 0.3 is 5.97 Å². The van der Waals surface area contributed by atoms with Crippen molar-refractivity contribution in [2.45, 2.75) is 13.0 Å². The molecule has 6 nitrogen and oxygen atoms in total. The van der Waals surface area contributed by atoms with E-state index in [1.165, 1.54) is 19.1 Å². The third-order valence-electron chi connectivity index (χ3n) is 3.14. The molecule has 122 valence electrons. The second kappa shape index (κ2) is 6.70. The van der Waals surface area contributed by atoms with Gasteiger partial charge in [-0.2, -0.15) is 0 Å². The predicted octanol–water partition coefficient (Wildman–Crippen LogP) is 2.72. The number of rotatable bonds is 6. The number of hydrogen-bond acceptors (Lipinski definition) is 4. The number of carboxylic acid groups (broad SMARTS) is 1. The topological polar surface area (TPSA) is 83.9 Å². The molecule has 0 spiro atoms. The lowest BCUT2D eigenvalue weighted by Gasteiger charge is -2.26. The summed E-state index contributed by atoms with van der Waals surface area (Å²) in [6.45, 7) is 1.32. The molecule has 0 saturated heterocycles. The van der Waals surface area contributed by atoms with Gasteiger partial charge in [0.2, 0.25) is 10.0 Å². The van der Waals surface area contributed by atoms with E-state index >= 15 is 0 Å². The molecule has 2 aromatic rings. The maximum Gasteiger partial charge on any atom is 0.327 e. The van der Waals surface area contributed by atoms with Crippen LogP contribution in [0.25, 0.3) is 0 Å². The molecule has 0 saturated carbocycles. The minimum atomic E-state index is -3.72. The monoisotopic (exact) mass is 335 g/mol. The van der Waals surface area contributed by atoms with E-state index in [2.05, 4.69) is 0 Å². The lowest BCUT2D eigenvalue weighted by molar-refractivity contribution is -0.137. The molecule has 2 rings (SSSR count). The first-order chi connectivity index (χ1) is 10.8. The fourth-order valence-corrected chi connectivity index (χ4v) is 3.26. The van der Waals surface area contributed by atoms with Crippen LogP contribution in [0, 0.1) is 0 Å². The highest BCUT2D eigenvalue weighted by Crippen LogP contribution is 2.26. The van der Waals surface area contributed by atoms with E-state index in [1.54, 1.807) is 24.3 Å². The summed E-state index contributed by atoms with van der Waals surface area (Å²) in [6, 6.07) is 14.1. The Bertz CT molecular complexity index is 772. The van der Waals surface area contributed by atoms with Crippen LogP contribution >= 0.6 is 0 Å². The number of carboxylic acids is 1. The second-order valence-corrected chi connectivity index (χ2v) is 6.84. The summed E-state index contributed by atoms with van der Waals surface area (Å²) in [5, 5.41) is 9.10. The van der Waals surface area contributed by atoms with Gasteiger partial charge in [0.25, 0.3) is 0 Å². The van der Waals surface area contributed by atoms with Gasteiger partial charge in [0.15, 0.2) is 0 Å². The van der Waals surface area contributed by atoms with Crippen LogP contribution < -0.4 is 9.04 Å². The van der Waals surface area contributed by atoms with Gasteiger partial charge < -0.3 is 9.84 Å². The summed E-state index contributed by atoms with van der Waals surface area (Å²) in [5.74, 6) is -0.0458. The van der Waals surface area contributed by atoms with E-state index in [4.69, 9.17) is 9.84 Å². The summed E-state index contributed by atoms with van der Waals surface area (Å²) in [5.41, 5.74) is 0.266. The Labute approximate surface area is 135 Å². The first-order valence-electron chi connectivity index (χ1n) is 6.84. The Morgan fingerprint density at radius 3 is 2.04 bits per heavy atom. The molecule has 0 aliphatic heterocycles. The molecule has 0 radical (unpaired) electrons. The predicted molar refractivity (Wildman–Crippen MR) is 87.4 cm³/mol. The van der Waals surface area contributed by atoms with Gasteiger partial charge in [-0.05, 0) is 43.3 Å². The molecule has 0 aliphatic rings. The highest BCUT2D eigenvalue weighted by Gasteiger charge is 2.28. The molecule has 0 amide bonds. The van der Waals surface area contributed by atoms with Crippen LogP contribution in [0.15, 0.2) is 54.6 Å². The van der Waals surface area contributed by atoms with E-state index in [1.807, 2.05) is 18.2 Å². The molecule has 23 heavy (non-hydrogen) atoms. The molecule has 0 unspecified atom stereocenters. The fourth-order valence-electron chi connectivity index (χ4n) is 2.09. The third kappa shape index (κ3) is 4.23. The molecule has 0 fully saturated rings. The maximum absolute atomic E-state index is 11.9. The average molecular weight is 335 g/mol. The molecule has 0 heterocycles. The van der Waals surface area contributed by atoms with Crippen molar-refractivity contribution < 1.29 is 23.1 Å². The van der Waals surface area contributed by atoms with Crippen molar-refractivity contribution in [1.82, 2.24) is 0 Å². The van der Waals surface area contributed by atoms with Crippen LogP contribution in [0.1, 0.15) is 6.92 Å².